The molecule has 0 rings (SSSR count). The zero-order valence-corrected chi connectivity index (χ0v) is 12.4. The Bertz CT molecular complexity index is 247. The molecule has 0 spiro atoms. The number of carbonyl (C=O) groups excluding carboxylic acids is 2. The standard InChI is InChI=1S/C15H28O2/c1-7-14(3,4)12(16)10-9-11-13(17)15(5,6)8-2/h7-11H2,1-6H3. The van der Waals surface area contributed by atoms with Gasteiger partial charge in [0.05, 0.1) is 0 Å². The Balaban J connectivity index is 4.10. The van der Waals surface area contributed by atoms with Crippen LogP contribution in [0.1, 0.15) is 73.6 Å². The van der Waals surface area contributed by atoms with Crippen LogP contribution in [-0.4, -0.2) is 11.6 Å². The fraction of sp³-hybridized carbons (Fsp3) is 0.867. The number of Topliss-reactive ketones (excluding diaryl/α,β-unsaturated/α-hetero) is 2. The van der Waals surface area contributed by atoms with Gasteiger partial charge in [-0.2, -0.15) is 0 Å². The molecule has 0 saturated heterocycles. The first-order valence-corrected chi connectivity index (χ1v) is 6.74. The molecule has 2 heteroatoms. The number of rotatable bonds is 8. The molecule has 0 unspecified atom stereocenters. The quantitative estimate of drug-likeness (QED) is 0.638. The summed E-state index contributed by atoms with van der Waals surface area (Å²) in [6.45, 7) is 12.0. The summed E-state index contributed by atoms with van der Waals surface area (Å²) in [5.41, 5.74) is -0.466. The van der Waals surface area contributed by atoms with E-state index in [2.05, 4.69) is 0 Å². The second-order valence-electron chi connectivity index (χ2n) is 6.17. The lowest BCUT2D eigenvalue weighted by Gasteiger charge is -2.22. The fourth-order valence-electron chi connectivity index (χ4n) is 1.48. The lowest BCUT2D eigenvalue weighted by atomic mass is 9.80. The molecule has 17 heavy (non-hydrogen) atoms. The van der Waals surface area contributed by atoms with Gasteiger partial charge in [-0.25, -0.2) is 0 Å². The van der Waals surface area contributed by atoms with Crippen LogP contribution < -0.4 is 0 Å². The Kier molecular flexibility index (Phi) is 6.08. The number of hydrogen-bond acceptors (Lipinski definition) is 2. The third kappa shape index (κ3) is 5.01. The van der Waals surface area contributed by atoms with Crippen molar-refractivity contribution in [1.29, 1.82) is 0 Å². The van der Waals surface area contributed by atoms with Crippen molar-refractivity contribution in [2.45, 2.75) is 73.6 Å². The topological polar surface area (TPSA) is 34.1 Å². The second-order valence-corrected chi connectivity index (χ2v) is 6.17. The molecule has 0 aromatic heterocycles. The highest BCUT2D eigenvalue weighted by molar-refractivity contribution is 5.86. The Morgan fingerprint density at radius 3 is 1.29 bits per heavy atom. The molecule has 0 fully saturated rings. The largest absolute Gasteiger partial charge is 0.299 e. The van der Waals surface area contributed by atoms with E-state index in [1.165, 1.54) is 0 Å². The Morgan fingerprint density at radius 2 is 1.06 bits per heavy atom. The maximum absolute atomic E-state index is 11.9. The summed E-state index contributed by atoms with van der Waals surface area (Å²) in [6.07, 6.45) is 3.49. The van der Waals surface area contributed by atoms with Gasteiger partial charge in [0, 0.05) is 23.7 Å². The van der Waals surface area contributed by atoms with Gasteiger partial charge in [0.1, 0.15) is 11.6 Å². The zero-order chi connectivity index (χ0) is 13.7. The number of hydrogen-bond donors (Lipinski definition) is 0. The van der Waals surface area contributed by atoms with Crippen molar-refractivity contribution in [3.05, 3.63) is 0 Å². The maximum Gasteiger partial charge on any atom is 0.138 e. The van der Waals surface area contributed by atoms with Gasteiger partial charge in [-0.05, 0) is 19.3 Å². The van der Waals surface area contributed by atoms with E-state index in [1.54, 1.807) is 0 Å². The summed E-state index contributed by atoms with van der Waals surface area (Å²) in [5.74, 6) is 0.559. The molecule has 0 aliphatic rings. The molecule has 0 bridgehead atoms. The van der Waals surface area contributed by atoms with Gasteiger partial charge < -0.3 is 0 Å². The molecule has 0 N–H and O–H groups in total. The highest BCUT2D eigenvalue weighted by atomic mass is 16.1. The SMILES string of the molecule is CCC(C)(C)C(=O)CCCC(=O)C(C)(C)CC. The summed E-state index contributed by atoms with van der Waals surface area (Å²) < 4.78 is 0. The predicted octanol–water partition coefficient (Wildman–Crippen LogP) is 4.17. The van der Waals surface area contributed by atoms with E-state index in [1.807, 2.05) is 41.5 Å². The minimum atomic E-state index is -0.233. The monoisotopic (exact) mass is 240 g/mol. The second kappa shape index (κ2) is 6.32. The molecule has 0 amide bonds. The van der Waals surface area contributed by atoms with Gasteiger partial charge in [0.2, 0.25) is 0 Å². The zero-order valence-electron chi connectivity index (χ0n) is 12.4. The molecule has 0 aliphatic heterocycles. The molecule has 0 heterocycles. The van der Waals surface area contributed by atoms with Crippen LogP contribution in [-0.2, 0) is 9.59 Å². The summed E-state index contributed by atoms with van der Waals surface area (Å²) in [6, 6.07) is 0. The molecule has 0 aliphatic carbocycles. The molecule has 2 nitrogen and oxygen atoms in total. The summed E-state index contributed by atoms with van der Waals surface area (Å²) >= 11 is 0. The van der Waals surface area contributed by atoms with Crippen molar-refractivity contribution in [1.82, 2.24) is 0 Å². The smallest absolute Gasteiger partial charge is 0.138 e. The summed E-state index contributed by atoms with van der Waals surface area (Å²) in [5, 5.41) is 0. The van der Waals surface area contributed by atoms with E-state index in [4.69, 9.17) is 0 Å². The summed E-state index contributed by atoms with van der Waals surface area (Å²) in [7, 11) is 0. The van der Waals surface area contributed by atoms with Crippen molar-refractivity contribution < 1.29 is 9.59 Å². The van der Waals surface area contributed by atoms with Crippen LogP contribution in [0, 0.1) is 10.8 Å². The number of ketones is 2. The number of carbonyl (C=O) groups is 2. The van der Waals surface area contributed by atoms with E-state index < -0.39 is 0 Å². The minimum Gasteiger partial charge on any atom is -0.299 e. The molecule has 0 aromatic carbocycles. The first kappa shape index (κ1) is 16.3. The first-order valence-electron chi connectivity index (χ1n) is 6.74. The van der Waals surface area contributed by atoms with Gasteiger partial charge in [-0.3, -0.25) is 9.59 Å². The minimum absolute atomic E-state index is 0.233. The molecular weight excluding hydrogens is 212 g/mol. The van der Waals surface area contributed by atoms with Gasteiger partial charge in [0.25, 0.3) is 0 Å². The highest BCUT2D eigenvalue weighted by Gasteiger charge is 2.27. The van der Waals surface area contributed by atoms with Crippen molar-refractivity contribution in [2.24, 2.45) is 10.8 Å². The molecule has 0 saturated carbocycles. The molecule has 0 radical (unpaired) electrons. The van der Waals surface area contributed by atoms with Crippen LogP contribution in [0.25, 0.3) is 0 Å². The fourth-order valence-corrected chi connectivity index (χ4v) is 1.48. The first-order chi connectivity index (χ1) is 7.67. The highest BCUT2D eigenvalue weighted by Crippen LogP contribution is 2.26. The van der Waals surface area contributed by atoms with E-state index in [-0.39, 0.29) is 22.4 Å². The van der Waals surface area contributed by atoms with Crippen molar-refractivity contribution in [2.75, 3.05) is 0 Å². The molecular formula is C15H28O2. The van der Waals surface area contributed by atoms with E-state index >= 15 is 0 Å². The summed E-state index contributed by atoms with van der Waals surface area (Å²) in [4.78, 5) is 23.8. The molecule has 0 aromatic rings. The van der Waals surface area contributed by atoms with Crippen LogP contribution in [0.15, 0.2) is 0 Å². The van der Waals surface area contributed by atoms with Crippen LogP contribution in [0.4, 0.5) is 0 Å². The molecule has 100 valence electrons. The van der Waals surface area contributed by atoms with E-state index in [0.29, 0.717) is 19.3 Å². The van der Waals surface area contributed by atoms with Crippen molar-refractivity contribution >= 4 is 11.6 Å². The van der Waals surface area contributed by atoms with Crippen molar-refractivity contribution in [3.63, 3.8) is 0 Å². The molecule has 0 atom stereocenters. The average Bonchev–Trinajstić information content (AvgIpc) is 2.28. The van der Waals surface area contributed by atoms with E-state index in [0.717, 1.165) is 12.8 Å². The van der Waals surface area contributed by atoms with Crippen LogP contribution in [0.3, 0.4) is 0 Å². The Hall–Kier alpha value is -0.660. The predicted molar refractivity (Wildman–Crippen MR) is 72.0 cm³/mol. The normalized spacial score (nSPS) is 12.6. The Morgan fingerprint density at radius 1 is 0.765 bits per heavy atom. The Labute approximate surface area is 106 Å². The van der Waals surface area contributed by atoms with Crippen LogP contribution in [0.2, 0.25) is 0 Å². The van der Waals surface area contributed by atoms with Crippen LogP contribution in [0.5, 0.6) is 0 Å². The lowest BCUT2D eigenvalue weighted by molar-refractivity contribution is -0.128. The van der Waals surface area contributed by atoms with Crippen LogP contribution >= 0.6 is 0 Å². The van der Waals surface area contributed by atoms with Gasteiger partial charge in [0.15, 0.2) is 0 Å². The lowest BCUT2D eigenvalue weighted by Crippen LogP contribution is -2.25. The van der Waals surface area contributed by atoms with Crippen molar-refractivity contribution in [3.8, 4) is 0 Å². The average molecular weight is 240 g/mol. The van der Waals surface area contributed by atoms with E-state index in [9.17, 15) is 9.59 Å². The van der Waals surface area contributed by atoms with Gasteiger partial charge >= 0.3 is 0 Å². The van der Waals surface area contributed by atoms with Gasteiger partial charge in [-0.15, -0.1) is 0 Å². The third-order valence-corrected chi connectivity index (χ3v) is 4.09. The maximum atomic E-state index is 11.9. The van der Waals surface area contributed by atoms with Gasteiger partial charge in [-0.1, -0.05) is 41.5 Å². The third-order valence-electron chi connectivity index (χ3n) is 4.09.